The van der Waals surface area contributed by atoms with Crippen molar-refractivity contribution >= 4 is 17.5 Å². The topological polar surface area (TPSA) is 111 Å². The van der Waals surface area contributed by atoms with Crippen LogP contribution in [0.5, 0.6) is 5.88 Å². The third-order valence-corrected chi connectivity index (χ3v) is 2.13. The van der Waals surface area contributed by atoms with E-state index in [1.165, 1.54) is 17.9 Å². The highest BCUT2D eigenvalue weighted by molar-refractivity contribution is 6.02. The summed E-state index contributed by atoms with van der Waals surface area (Å²) in [5, 5.41) is 12.8. The minimum Gasteiger partial charge on any atom is -0.481 e. The van der Waals surface area contributed by atoms with Gasteiger partial charge in [-0.15, -0.1) is 0 Å². The van der Waals surface area contributed by atoms with Crippen molar-refractivity contribution in [3.05, 3.63) is 17.8 Å². The first-order valence-corrected chi connectivity index (χ1v) is 4.80. The fraction of sp³-hybridized carbons (Fsp3) is 0.222. The van der Waals surface area contributed by atoms with Crippen LogP contribution < -0.4 is 15.8 Å². The third kappa shape index (κ3) is 2.19. The van der Waals surface area contributed by atoms with E-state index in [1.807, 2.05) is 0 Å². The number of carbonyl (C=O) groups excluding carboxylic acids is 1. The Bertz CT molecular complexity index is 543. The van der Waals surface area contributed by atoms with Gasteiger partial charge in [0.05, 0.1) is 7.11 Å². The zero-order valence-corrected chi connectivity index (χ0v) is 9.39. The van der Waals surface area contributed by atoms with Crippen LogP contribution in [0.1, 0.15) is 10.5 Å². The Kier molecular flexibility index (Phi) is 2.69. The maximum absolute atomic E-state index is 11.7. The number of aromatic amines is 1. The molecular formula is C9H12N6O2. The molecule has 0 aliphatic carbocycles. The molecule has 8 nitrogen and oxygen atoms in total. The van der Waals surface area contributed by atoms with Crippen molar-refractivity contribution in [3.63, 3.8) is 0 Å². The first kappa shape index (κ1) is 11.0. The number of aryl methyl sites for hydroxylation is 1. The average molecular weight is 236 g/mol. The first-order chi connectivity index (χ1) is 8.10. The molecule has 0 saturated carbocycles. The summed E-state index contributed by atoms with van der Waals surface area (Å²) in [6, 6.07) is 3.05. The standard InChI is InChI=1S/C9H12N6O2/c1-15-8(17-2)4-7(14-15)11-9(16)5-3-6(10)13-12-5/h3-4H,1-2H3,(H3,10,12,13)(H,11,14,16). The summed E-state index contributed by atoms with van der Waals surface area (Å²) in [6.07, 6.45) is 0. The number of hydrogen-bond donors (Lipinski definition) is 3. The molecule has 0 aliphatic heterocycles. The van der Waals surface area contributed by atoms with E-state index < -0.39 is 0 Å². The van der Waals surface area contributed by atoms with E-state index in [0.717, 1.165) is 0 Å². The summed E-state index contributed by atoms with van der Waals surface area (Å²) in [5.74, 6) is 0.829. The fourth-order valence-corrected chi connectivity index (χ4v) is 1.34. The number of methoxy groups -OCH3 is 1. The van der Waals surface area contributed by atoms with Gasteiger partial charge in [0.25, 0.3) is 5.91 Å². The van der Waals surface area contributed by atoms with Gasteiger partial charge in [-0.05, 0) is 0 Å². The lowest BCUT2D eigenvalue weighted by Crippen LogP contribution is -2.13. The van der Waals surface area contributed by atoms with E-state index >= 15 is 0 Å². The van der Waals surface area contributed by atoms with E-state index in [9.17, 15) is 4.79 Å². The van der Waals surface area contributed by atoms with E-state index in [0.29, 0.717) is 11.7 Å². The maximum Gasteiger partial charge on any atom is 0.274 e. The van der Waals surface area contributed by atoms with Crippen LogP contribution in [0.3, 0.4) is 0 Å². The van der Waals surface area contributed by atoms with E-state index in [2.05, 4.69) is 20.6 Å². The predicted octanol–water partition coefficient (Wildman–Crippen LogP) is -0.0137. The molecule has 8 heteroatoms. The smallest absolute Gasteiger partial charge is 0.274 e. The molecule has 0 unspecified atom stereocenters. The molecule has 90 valence electrons. The maximum atomic E-state index is 11.7. The number of carbonyl (C=O) groups is 1. The van der Waals surface area contributed by atoms with Crippen molar-refractivity contribution in [1.82, 2.24) is 20.0 Å². The molecule has 0 aliphatic rings. The summed E-state index contributed by atoms with van der Waals surface area (Å²) in [7, 11) is 3.24. The van der Waals surface area contributed by atoms with Gasteiger partial charge in [0.15, 0.2) is 5.82 Å². The number of nitrogens with zero attached hydrogens (tertiary/aromatic N) is 3. The van der Waals surface area contributed by atoms with E-state index in [4.69, 9.17) is 10.5 Å². The number of nitrogen functional groups attached to an aromatic ring is 1. The highest BCUT2D eigenvalue weighted by atomic mass is 16.5. The molecule has 0 radical (unpaired) electrons. The summed E-state index contributed by atoms with van der Waals surface area (Å²) in [4.78, 5) is 11.7. The predicted molar refractivity (Wildman–Crippen MR) is 60.7 cm³/mol. The second-order valence-electron chi connectivity index (χ2n) is 3.36. The number of rotatable bonds is 3. The van der Waals surface area contributed by atoms with Crippen LogP contribution in [0.15, 0.2) is 12.1 Å². The van der Waals surface area contributed by atoms with Gasteiger partial charge in [-0.25, -0.2) is 4.68 Å². The number of amides is 1. The number of nitrogens with one attached hydrogen (secondary N) is 2. The molecule has 0 spiro atoms. The molecule has 0 fully saturated rings. The lowest BCUT2D eigenvalue weighted by atomic mass is 10.4. The zero-order chi connectivity index (χ0) is 12.4. The summed E-state index contributed by atoms with van der Waals surface area (Å²) < 4.78 is 6.54. The van der Waals surface area contributed by atoms with Crippen molar-refractivity contribution in [2.45, 2.75) is 0 Å². The first-order valence-electron chi connectivity index (χ1n) is 4.80. The van der Waals surface area contributed by atoms with Gasteiger partial charge >= 0.3 is 0 Å². The molecule has 2 aromatic rings. The number of ether oxygens (including phenoxy) is 1. The van der Waals surface area contributed by atoms with Crippen LogP contribution in [0.25, 0.3) is 0 Å². The second-order valence-corrected chi connectivity index (χ2v) is 3.36. The van der Waals surface area contributed by atoms with Crippen molar-refractivity contribution in [1.29, 1.82) is 0 Å². The molecule has 2 rings (SSSR count). The van der Waals surface area contributed by atoms with Crippen LogP contribution >= 0.6 is 0 Å². The summed E-state index contributed by atoms with van der Waals surface area (Å²) in [5.41, 5.74) is 5.67. The minimum absolute atomic E-state index is 0.258. The Hall–Kier alpha value is -2.51. The molecule has 0 atom stereocenters. The molecule has 4 N–H and O–H groups in total. The zero-order valence-electron chi connectivity index (χ0n) is 9.39. The molecule has 0 saturated heterocycles. The third-order valence-electron chi connectivity index (χ3n) is 2.13. The summed E-state index contributed by atoms with van der Waals surface area (Å²) >= 11 is 0. The van der Waals surface area contributed by atoms with Crippen LogP contribution in [-0.4, -0.2) is 33.0 Å². The highest BCUT2D eigenvalue weighted by Crippen LogP contribution is 2.15. The van der Waals surface area contributed by atoms with Crippen LogP contribution in [0.4, 0.5) is 11.6 Å². The molecule has 17 heavy (non-hydrogen) atoms. The number of hydrogen-bond acceptors (Lipinski definition) is 5. The van der Waals surface area contributed by atoms with Crippen LogP contribution in [0.2, 0.25) is 0 Å². The van der Waals surface area contributed by atoms with Gasteiger partial charge in [0.1, 0.15) is 11.5 Å². The number of anilines is 2. The quantitative estimate of drug-likeness (QED) is 0.693. The van der Waals surface area contributed by atoms with Crippen molar-refractivity contribution in [3.8, 4) is 5.88 Å². The van der Waals surface area contributed by atoms with Crippen molar-refractivity contribution < 1.29 is 9.53 Å². The van der Waals surface area contributed by atoms with E-state index in [1.54, 1.807) is 13.1 Å². The molecule has 2 aromatic heterocycles. The lowest BCUT2D eigenvalue weighted by molar-refractivity contribution is 0.102. The van der Waals surface area contributed by atoms with Crippen molar-refractivity contribution in [2.75, 3.05) is 18.2 Å². The van der Waals surface area contributed by atoms with Crippen LogP contribution in [-0.2, 0) is 7.05 Å². The minimum atomic E-state index is -0.366. The molecule has 1 amide bonds. The van der Waals surface area contributed by atoms with Gasteiger partial charge in [-0.2, -0.15) is 10.2 Å². The van der Waals surface area contributed by atoms with Gasteiger partial charge < -0.3 is 15.8 Å². The highest BCUT2D eigenvalue weighted by Gasteiger charge is 2.12. The summed E-state index contributed by atoms with van der Waals surface area (Å²) in [6.45, 7) is 0. The van der Waals surface area contributed by atoms with E-state index in [-0.39, 0.29) is 17.4 Å². The molecular weight excluding hydrogens is 224 g/mol. The van der Waals surface area contributed by atoms with Gasteiger partial charge in [-0.1, -0.05) is 0 Å². The Balaban J connectivity index is 2.12. The Labute approximate surface area is 96.8 Å². The molecule has 0 aromatic carbocycles. The van der Waals surface area contributed by atoms with Gasteiger partial charge in [-0.3, -0.25) is 9.89 Å². The lowest BCUT2D eigenvalue weighted by Gasteiger charge is -1.97. The fourth-order valence-electron chi connectivity index (χ4n) is 1.34. The normalized spacial score (nSPS) is 10.2. The number of aromatic nitrogens is 4. The Morgan fingerprint density at radius 1 is 1.59 bits per heavy atom. The largest absolute Gasteiger partial charge is 0.481 e. The Morgan fingerprint density at radius 3 is 2.88 bits per heavy atom. The SMILES string of the molecule is COc1cc(NC(=O)c2cc(N)n[nH]2)nn1C. The number of H-pyrrole nitrogens is 1. The Morgan fingerprint density at radius 2 is 2.35 bits per heavy atom. The van der Waals surface area contributed by atoms with Crippen molar-refractivity contribution in [2.24, 2.45) is 7.05 Å². The second kappa shape index (κ2) is 4.16. The van der Waals surface area contributed by atoms with Gasteiger partial charge in [0, 0.05) is 19.2 Å². The molecule has 0 bridgehead atoms. The van der Waals surface area contributed by atoms with Gasteiger partial charge in [0.2, 0.25) is 5.88 Å². The van der Waals surface area contributed by atoms with Crippen LogP contribution in [0, 0.1) is 0 Å². The molecule has 2 heterocycles. The number of nitrogens with two attached hydrogens (primary N) is 1. The average Bonchev–Trinajstić information content (AvgIpc) is 2.85. The monoisotopic (exact) mass is 236 g/mol.